The van der Waals surface area contributed by atoms with Crippen LogP contribution in [-0.2, 0) is 38.4 Å². The summed E-state index contributed by atoms with van der Waals surface area (Å²) in [5.41, 5.74) is 5.69. The number of nitrogens with zero attached hydrogens (tertiary/aromatic N) is 1. The molecule has 0 bridgehead atoms. The van der Waals surface area contributed by atoms with Crippen molar-refractivity contribution < 1.29 is 53.7 Å². The highest BCUT2D eigenvalue weighted by molar-refractivity contribution is 7.80. The molecule has 0 radical (unpaired) electrons. The van der Waals surface area contributed by atoms with E-state index in [0.29, 0.717) is 0 Å². The number of likely N-dealkylation sites (N-methyl/N-ethyl adjacent to an activating group) is 1. The molecule has 18 heteroatoms. The summed E-state index contributed by atoms with van der Waals surface area (Å²) in [6.45, 7) is 8.03. The smallest absolute Gasteiger partial charge is 0.327 e. The molecule has 0 heterocycles. The van der Waals surface area contributed by atoms with Gasteiger partial charge in [0, 0.05) is 19.2 Å². The molecule has 0 spiro atoms. The molecule has 17 nitrogen and oxygen atoms in total. The van der Waals surface area contributed by atoms with Crippen LogP contribution in [0.25, 0.3) is 0 Å². The molecule has 0 aromatic heterocycles. The zero-order valence-corrected chi connectivity index (χ0v) is 27.1. The number of hydrogen-bond acceptors (Lipinski definition) is 10. The number of thiol groups is 1. The first-order valence-electron chi connectivity index (χ1n) is 14.3. The summed E-state index contributed by atoms with van der Waals surface area (Å²) in [6.07, 6.45) is -1.47. The van der Waals surface area contributed by atoms with E-state index in [4.69, 9.17) is 10.8 Å². The van der Waals surface area contributed by atoms with E-state index < -0.39 is 108 Å². The minimum Gasteiger partial charge on any atom is -0.481 e. The van der Waals surface area contributed by atoms with Gasteiger partial charge >= 0.3 is 17.9 Å². The summed E-state index contributed by atoms with van der Waals surface area (Å²) >= 11 is 3.90. The summed E-state index contributed by atoms with van der Waals surface area (Å²) in [5, 5.41) is 36.9. The van der Waals surface area contributed by atoms with Gasteiger partial charge < -0.3 is 47.2 Å². The Hall–Kier alpha value is -3.93. The molecule has 0 aromatic rings. The van der Waals surface area contributed by atoms with Crippen molar-refractivity contribution in [2.75, 3.05) is 12.8 Å². The number of nitrogens with two attached hydrogens (primary N) is 1. The van der Waals surface area contributed by atoms with Gasteiger partial charge in [0.15, 0.2) is 0 Å². The van der Waals surface area contributed by atoms with Crippen LogP contribution in [0, 0.1) is 11.8 Å². The third-order valence-corrected chi connectivity index (χ3v) is 7.11. The van der Waals surface area contributed by atoms with Crippen molar-refractivity contribution in [3.05, 3.63) is 0 Å². The maximum atomic E-state index is 13.5. The van der Waals surface area contributed by atoms with Gasteiger partial charge in [0.05, 0.1) is 12.5 Å². The van der Waals surface area contributed by atoms with Gasteiger partial charge in [-0.25, -0.2) is 4.79 Å². The van der Waals surface area contributed by atoms with Crippen LogP contribution in [0.3, 0.4) is 0 Å². The number of hydrogen-bond donors (Lipinski definition) is 9. The van der Waals surface area contributed by atoms with Gasteiger partial charge in [-0.2, -0.15) is 12.6 Å². The third-order valence-electron chi connectivity index (χ3n) is 6.75. The SMILES string of the molecule is CC[C@H](NC(=O)[C@@H](NC(=O)[C@H](C(C)C)N(C)C(=O)[C@H](CC(=O)O)NC(=O)[C@@H](N)CCC(=O)O)C(C)C)C(=O)N[C@@H](CS)C(=O)O. The van der Waals surface area contributed by atoms with Gasteiger partial charge in [0.2, 0.25) is 29.5 Å². The van der Waals surface area contributed by atoms with Crippen LogP contribution in [0.5, 0.6) is 0 Å². The molecule has 6 atom stereocenters. The first-order chi connectivity index (χ1) is 20.8. The first-order valence-corrected chi connectivity index (χ1v) is 14.9. The molecule has 0 fully saturated rings. The molecule has 0 aliphatic carbocycles. The zero-order valence-electron chi connectivity index (χ0n) is 26.2. The number of amides is 5. The average Bonchev–Trinajstić information content (AvgIpc) is 2.93. The summed E-state index contributed by atoms with van der Waals surface area (Å²) < 4.78 is 0. The molecule has 0 aliphatic rings. The van der Waals surface area contributed by atoms with Crippen molar-refractivity contribution >= 4 is 60.1 Å². The highest BCUT2D eigenvalue weighted by Crippen LogP contribution is 2.15. The molecular formula is C27H46N6O11S. The number of aliphatic carboxylic acids is 3. The van der Waals surface area contributed by atoms with Crippen molar-refractivity contribution in [1.82, 2.24) is 26.2 Å². The van der Waals surface area contributed by atoms with E-state index in [0.717, 1.165) is 4.90 Å². The predicted molar refractivity (Wildman–Crippen MR) is 163 cm³/mol. The van der Waals surface area contributed by atoms with E-state index in [-0.39, 0.29) is 18.6 Å². The molecular weight excluding hydrogens is 616 g/mol. The fourth-order valence-electron chi connectivity index (χ4n) is 4.22. The van der Waals surface area contributed by atoms with Gasteiger partial charge in [-0.3, -0.25) is 33.6 Å². The fourth-order valence-corrected chi connectivity index (χ4v) is 4.47. The molecule has 0 rings (SSSR count). The third kappa shape index (κ3) is 13.7. The number of carboxylic acids is 3. The Balaban J connectivity index is 5.93. The van der Waals surface area contributed by atoms with Crippen LogP contribution in [0.4, 0.5) is 0 Å². The summed E-state index contributed by atoms with van der Waals surface area (Å²) in [5.74, 6) is -9.43. The van der Waals surface area contributed by atoms with Crippen LogP contribution in [0.15, 0.2) is 0 Å². The summed E-state index contributed by atoms with van der Waals surface area (Å²) in [4.78, 5) is 99.7. The van der Waals surface area contributed by atoms with Crippen molar-refractivity contribution in [2.24, 2.45) is 17.6 Å². The van der Waals surface area contributed by atoms with Gasteiger partial charge in [0.25, 0.3) is 0 Å². The number of rotatable bonds is 20. The van der Waals surface area contributed by atoms with Crippen LogP contribution in [0.1, 0.15) is 60.3 Å². The lowest BCUT2D eigenvalue weighted by Crippen LogP contribution is -2.61. The van der Waals surface area contributed by atoms with Gasteiger partial charge in [-0.15, -0.1) is 0 Å². The molecule has 0 aliphatic heterocycles. The Morgan fingerprint density at radius 1 is 0.733 bits per heavy atom. The van der Waals surface area contributed by atoms with Crippen molar-refractivity contribution in [3.63, 3.8) is 0 Å². The molecule has 0 saturated heterocycles. The highest BCUT2D eigenvalue weighted by Gasteiger charge is 2.38. The lowest BCUT2D eigenvalue weighted by atomic mass is 9.97. The molecule has 0 saturated carbocycles. The van der Waals surface area contributed by atoms with Crippen molar-refractivity contribution in [1.29, 1.82) is 0 Å². The Kier molecular flexibility index (Phi) is 17.8. The van der Waals surface area contributed by atoms with E-state index in [2.05, 4.69) is 33.9 Å². The fraction of sp³-hybridized carbons (Fsp3) is 0.704. The molecule has 45 heavy (non-hydrogen) atoms. The standard InChI is InChI=1S/C27H46N6O11S/c1-7-15(23(39)31-17(11-45)27(43)44)29-24(40)20(12(2)3)32-25(41)21(13(4)5)33(6)26(42)16(10-19(36)37)30-22(38)14(28)8-9-18(34)35/h12-17,20-21,45H,7-11,28H2,1-6H3,(H,29,40)(H,30,38)(H,31,39)(H,32,41)(H,34,35)(H,36,37)(H,43,44)/t14-,15-,16-,17-,20-,21-/m0/s1. The lowest BCUT2D eigenvalue weighted by molar-refractivity contribution is -0.147. The van der Waals surface area contributed by atoms with E-state index in [1.54, 1.807) is 34.6 Å². The zero-order chi connectivity index (χ0) is 35.2. The quantitative estimate of drug-likeness (QED) is 0.0651. The molecule has 5 amide bonds. The minimum atomic E-state index is -1.65. The minimum absolute atomic E-state index is 0.0950. The van der Waals surface area contributed by atoms with Gasteiger partial charge in [-0.1, -0.05) is 34.6 Å². The van der Waals surface area contributed by atoms with Crippen LogP contribution in [0.2, 0.25) is 0 Å². The summed E-state index contributed by atoms with van der Waals surface area (Å²) in [7, 11) is 1.22. The maximum Gasteiger partial charge on any atom is 0.327 e. The molecule has 256 valence electrons. The van der Waals surface area contributed by atoms with E-state index in [9.17, 15) is 48.6 Å². The second-order valence-electron chi connectivity index (χ2n) is 11.1. The van der Waals surface area contributed by atoms with Crippen LogP contribution in [-0.4, -0.2) is 117 Å². The molecule has 9 N–H and O–H groups in total. The molecule has 0 unspecified atom stereocenters. The average molecular weight is 663 g/mol. The van der Waals surface area contributed by atoms with Gasteiger partial charge in [-0.05, 0) is 24.7 Å². The van der Waals surface area contributed by atoms with Gasteiger partial charge in [0.1, 0.15) is 30.2 Å². The number of carbonyl (C=O) groups excluding carboxylic acids is 5. The topological polar surface area (TPSA) is 275 Å². The Bertz CT molecular complexity index is 1100. The van der Waals surface area contributed by atoms with E-state index >= 15 is 0 Å². The molecule has 0 aromatic carbocycles. The second-order valence-corrected chi connectivity index (χ2v) is 11.5. The number of carboxylic acid groups (broad SMARTS) is 3. The van der Waals surface area contributed by atoms with Crippen molar-refractivity contribution in [2.45, 2.75) is 96.6 Å². The van der Waals surface area contributed by atoms with E-state index in [1.165, 1.54) is 7.05 Å². The Morgan fingerprint density at radius 3 is 1.69 bits per heavy atom. The summed E-state index contributed by atoms with van der Waals surface area (Å²) in [6, 6.07) is -7.87. The second kappa shape index (κ2) is 19.5. The Morgan fingerprint density at radius 2 is 1.27 bits per heavy atom. The van der Waals surface area contributed by atoms with Crippen LogP contribution >= 0.6 is 12.6 Å². The predicted octanol–water partition coefficient (Wildman–Crippen LogP) is -1.84. The van der Waals surface area contributed by atoms with Crippen LogP contribution < -0.4 is 27.0 Å². The Labute approximate surface area is 266 Å². The number of carbonyl (C=O) groups is 8. The highest BCUT2D eigenvalue weighted by atomic mass is 32.1. The lowest BCUT2D eigenvalue weighted by Gasteiger charge is -2.34. The van der Waals surface area contributed by atoms with E-state index in [1.807, 2.05) is 0 Å². The monoisotopic (exact) mass is 662 g/mol. The largest absolute Gasteiger partial charge is 0.481 e. The normalized spacial score (nSPS) is 15.1. The number of nitrogens with one attached hydrogen (secondary N) is 4. The van der Waals surface area contributed by atoms with Crippen molar-refractivity contribution in [3.8, 4) is 0 Å². The first kappa shape index (κ1) is 41.1. The maximum absolute atomic E-state index is 13.5.